The van der Waals surface area contributed by atoms with Gasteiger partial charge in [-0.05, 0) is 61.9 Å². The lowest BCUT2D eigenvalue weighted by Gasteiger charge is -2.13. The first-order valence-electron chi connectivity index (χ1n) is 6.31. The van der Waals surface area contributed by atoms with Gasteiger partial charge in [-0.25, -0.2) is 0 Å². The van der Waals surface area contributed by atoms with Gasteiger partial charge >= 0.3 is 0 Å². The number of oxime groups is 1. The summed E-state index contributed by atoms with van der Waals surface area (Å²) in [7, 11) is 0. The maximum Gasteiger partial charge on any atom is 0.119 e. The van der Waals surface area contributed by atoms with Crippen LogP contribution in [-0.4, -0.2) is 17.0 Å². The summed E-state index contributed by atoms with van der Waals surface area (Å²) in [5, 5.41) is 12.1. The zero-order valence-electron chi connectivity index (χ0n) is 10.2. The molecule has 0 spiro atoms. The summed E-state index contributed by atoms with van der Waals surface area (Å²) < 4.78 is 5.87. The van der Waals surface area contributed by atoms with Gasteiger partial charge in [-0.15, -0.1) is 0 Å². The molecule has 0 amide bonds. The maximum absolute atomic E-state index is 8.84. The van der Waals surface area contributed by atoms with E-state index in [1.54, 1.807) is 0 Å². The van der Waals surface area contributed by atoms with Crippen LogP contribution in [0, 0.1) is 0 Å². The third-order valence-corrected chi connectivity index (χ3v) is 3.25. The van der Waals surface area contributed by atoms with E-state index < -0.39 is 0 Å². The van der Waals surface area contributed by atoms with Crippen molar-refractivity contribution in [3.05, 3.63) is 29.8 Å². The first kappa shape index (κ1) is 12.0. The number of hydrogen-bond donors (Lipinski definition) is 1. The van der Waals surface area contributed by atoms with Gasteiger partial charge in [0.1, 0.15) is 5.75 Å². The Labute approximate surface area is 102 Å². The van der Waals surface area contributed by atoms with Gasteiger partial charge in [0.25, 0.3) is 0 Å². The number of hydrogen-bond acceptors (Lipinski definition) is 3. The van der Waals surface area contributed by atoms with Gasteiger partial charge in [-0.2, -0.15) is 0 Å². The molecule has 1 saturated carbocycles. The van der Waals surface area contributed by atoms with Gasteiger partial charge in [0.05, 0.1) is 11.8 Å². The van der Waals surface area contributed by atoms with Crippen LogP contribution in [0.25, 0.3) is 0 Å². The van der Waals surface area contributed by atoms with E-state index in [-0.39, 0.29) is 0 Å². The summed E-state index contributed by atoms with van der Waals surface area (Å²) in [5.74, 6) is 0.911. The predicted octanol–water partition coefficient (Wildman–Crippen LogP) is 3.60. The van der Waals surface area contributed by atoms with Crippen molar-refractivity contribution in [1.82, 2.24) is 0 Å². The van der Waals surface area contributed by atoms with Crippen LogP contribution in [0.2, 0.25) is 0 Å². The molecular formula is C14H19NO2. The van der Waals surface area contributed by atoms with E-state index in [1.807, 2.05) is 31.2 Å². The first-order chi connectivity index (χ1) is 8.33. The smallest absolute Gasteiger partial charge is 0.119 e. The van der Waals surface area contributed by atoms with Gasteiger partial charge in [0.2, 0.25) is 0 Å². The van der Waals surface area contributed by atoms with Crippen molar-refractivity contribution in [3.63, 3.8) is 0 Å². The summed E-state index contributed by atoms with van der Waals surface area (Å²) in [4.78, 5) is 0. The Kier molecular flexibility index (Phi) is 4.02. The highest BCUT2D eigenvalue weighted by Crippen LogP contribution is 2.24. The highest BCUT2D eigenvalue weighted by molar-refractivity contribution is 6.00. The lowest BCUT2D eigenvalue weighted by molar-refractivity contribution is 0.210. The number of rotatable bonds is 4. The van der Waals surface area contributed by atoms with Crippen LogP contribution in [0.4, 0.5) is 0 Å². The topological polar surface area (TPSA) is 41.8 Å². The zero-order chi connectivity index (χ0) is 12.1. The van der Waals surface area contributed by atoms with Gasteiger partial charge in [0.15, 0.2) is 0 Å². The van der Waals surface area contributed by atoms with E-state index in [9.17, 15) is 0 Å². The lowest BCUT2D eigenvalue weighted by atomic mass is 10.1. The Balaban J connectivity index is 2.02. The maximum atomic E-state index is 8.84. The van der Waals surface area contributed by atoms with Gasteiger partial charge in [0, 0.05) is 0 Å². The van der Waals surface area contributed by atoms with Crippen LogP contribution in [0.1, 0.15) is 44.6 Å². The quantitative estimate of drug-likeness (QED) is 0.490. The largest absolute Gasteiger partial charge is 0.490 e. The highest BCUT2D eigenvalue weighted by Gasteiger charge is 2.16. The van der Waals surface area contributed by atoms with Gasteiger partial charge in [-0.1, -0.05) is 12.1 Å². The monoisotopic (exact) mass is 233 g/mol. The second-order valence-corrected chi connectivity index (χ2v) is 4.45. The molecule has 3 heteroatoms. The van der Waals surface area contributed by atoms with Crippen molar-refractivity contribution in [1.29, 1.82) is 0 Å². The van der Waals surface area contributed by atoms with Crippen LogP contribution in [0.15, 0.2) is 29.4 Å². The first-order valence-corrected chi connectivity index (χ1v) is 6.31. The van der Waals surface area contributed by atoms with Gasteiger partial charge < -0.3 is 9.94 Å². The van der Waals surface area contributed by atoms with Crippen molar-refractivity contribution in [2.75, 3.05) is 0 Å². The second kappa shape index (κ2) is 5.71. The Morgan fingerprint density at radius 3 is 2.47 bits per heavy atom. The lowest BCUT2D eigenvalue weighted by Crippen LogP contribution is -2.10. The van der Waals surface area contributed by atoms with E-state index in [0.717, 1.165) is 17.7 Å². The molecule has 0 saturated heterocycles. The summed E-state index contributed by atoms with van der Waals surface area (Å²) in [6.45, 7) is 1.97. The van der Waals surface area contributed by atoms with Crippen molar-refractivity contribution in [2.45, 2.75) is 45.1 Å². The number of ether oxygens (including phenoxy) is 1. The number of nitrogens with zero attached hydrogens (tertiary/aromatic N) is 1. The summed E-state index contributed by atoms with van der Waals surface area (Å²) in [6.07, 6.45) is 6.00. The third-order valence-electron chi connectivity index (χ3n) is 3.25. The Morgan fingerprint density at radius 1 is 1.29 bits per heavy atom. The average Bonchev–Trinajstić information content (AvgIpc) is 2.86. The van der Waals surface area contributed by atoms with Crippen LogP contribution >= 0.6 is 0 Å². The predicted molar refractivity (Wildman–Crippen MR) is 67.9 cm³/mol. The molecule has 17 heavy (non-hydrogen) atoms. The molecule has 0 bridgehead atoms. The van der Waals surface area contributed by atoms with Crippen molar-refractivity contribution in [2.24, 2.45) is 5.16 Å². The standard InChI is InChI=1S/C14H19NO2/c1-2-14(15-16)11-7-9-13(10-8-11)17-12-5-3-4-6-12/h7-10,12,16H,2-6H2,1H3/b15-14+. The van der Waals surface area contributed by atoms with Crippen LogP contribution in [0.5, 0.6) is 5.75 Å². The Hall–Kier alpha value is -1.51. The molecule has 0 heterocycles. The average molecular weight is 233 g/mol. The molecule has 0 aromatic heterocycles. The molecule has 1 aliphatic rings. The van der Waals surface area contributed by atoms with E-state index in [0.29, 0.717) is 11.8 Å². The van der Waals surface area contributed by atoms with Crippen LogP contribution < -0.4 is 4.74 Å². The minimum absolute atomic E-state index is 0.387. The molecule has 0 aliphatic heterocycles. The number of benzene rings is 1. The zero-order valence-corrected chi connectivity index (χ0v) is 10.2. The molecule has 1 aromatic carbocycles. The molecule has 1 aliphatic carbocycles. The van der Waals surface area contributed by atoms with E-state index in [2.05, 4.69) is 5.16 Å². The molecule has 2 rings (SSSR count). The molecule has 0 radical (unpaired) electrons. The fourth-order valence-corrected chi connectivity index (χ4v) is 2.26. The third kappa shape index (κ3) is 2.99. The van der Waals surface area contributed by atoms with Gasteiger partial charge in [-0.3, -0.25) is 0 Å². The highest BCUT2D eigenvalue weighted by atomic mass is 16.5. The minimum Gasteiger partial charge on any atom is -0.490 e. The van der Waals surface area contributed by atoms with E-state index >= 15 is 0 Å². The summed E-state index contributed by atoms with van der Waals surface area (Å²) in [5.41, 5.74) is 1.66. The molecule has 0 unspecified atom stereocenters. The molecule has 92 valence electrons. The minimum atomic E-state index is 0.387. The van der Waals surface area contributed by atoms with Crippen molar-refractivity contribution in [3.8, 4) is 5.75 Å². The molecule has 3 nitrogen and oxygen atoms in total. The fourth-order valence-electron chi connectivity index (χ4n) is 2.26. The van der Waals surface area contributed by atoms with Crippen molar-refractivity contribution >= 4 is 5.71 Å². The molecule has 0 atom stereocenters. The second-order valence-electron chi connectivity index (χ2n) is 4.45. The molecule has 1 fully saturated rings. The molecular weight excluding hydrogens is 214 g/mol. The van der Waals surface area contributed by atoms with E-state index in [4.69, 9.17) is 9.94 Å². The molecule has 1 N–H and O–H groups in total. The Morgan fingerprint density at radius 2 is 1.94 bits per heavy atom. The Bertz CT molecular complexity index is 378. The molecule has 1 aromatic rings. The van der Waals surface area contributed by atoms with Crippen molar-refractivity contribution < 1.29 is 9.94 Å². The van der Waals surface area contributed by atoms with Crippen LogP contribution in [-0.2, 0) is 0 Å². The van der Waals surface area contributed by atoms with Crippen LogP contribution in [0.3, 0.4) is 0 Å². The normalized spacial score (nSPS) is 17.4. The fraction of sp³-hybridized carbons (Fsp3) is 0.500. The van der Waals surface area contributed by atoms with E-state index in [1.165, 1.54) is 25.7 Å². The SMILES string of the molecule is CC/C(=N\O)c1ccc(OC2CCCC2)cc1. The summed E-state index contributed by atoms with van der Waals surface area (Å²) in [6, 6.07) is 7.80. The summed E-state index contributed by atoms with van der Waals surface area (Å²) >= 11 is 0.